The molecule has 0 spiro atoms. The van der Waals surface area contributed by atoms with Gasteiger partial charge in [-0.15, -0.1) is 0 Å². The number of amides is 2. The van der Waals surface area contributed by atoms with Gasteiger partial charge in [0, 0.05) is 23.5 Å². The molecule has 1 aliphatic carbocycles. The summed E-state index contributed by atoms with van der Waals surface area (Å²) in [5, 5.41) is 9.08. The molecule has 0 bridgehead atoms. The number of hydrazone groups is 1. The van der Waals surface area contributed by atoms with Crippen LogP contribution < -0.4 is 14.8 Å². The van der Waals surface area contributed by atoms with Crippen molar-refractivity contribution in [3.8, 4) is 11.5 Å². The summed E-state index contributed by atoms with van der Waals surface area (Å²) < 4.78 is 11.8. The van der Waals surface area contributed by atoms with E-state index in [0.717, 1.165) is 60.5 Å². The van der Waals surface area contributed by atoms with Crippen LogP contribution >= 0.6 is 11.8 Å². The van der Waals surface area contributed by atoms with E-state index in [1.807, 2.05) is 42.5 Å². The first-order chi connectivity index (χ1) is 18.6. The van der Waals surface area contributed by atoms with E-state index >= 15 is 0 Å². The first-order valence-corrected chi connectivity index (χ1v) is 14.4. The van der Waals surface area contributed by atoms with E-state index in [1.165, 1.54) is 36.0 Å². The number of nitrogens with zero attached hydrogens (tertiary/aromatic N) is 3. The number of ether oxygens (including phenoxy) is 2. The Hall–Kier alpha value is -3.04. The number of thioether (sulfide) groups is 1. The maximum Gasteiger partial charge on any atom is 0.302 e. The van der Waals surface area contributed by atoms with Crippen molar-refractivity contribution in [3.05, 3.63) is 60.1 Å². The normalized spacial score (nSPS) is 18.8. The zero-order chi connectivity index (χ0) is 26.3. The number of hydrogen-bond donors (Lipinski definition) is 1. The highest BCUT2D eigenvalue weighted by atomic mass is 32.2. The Morgan fingerprint density at radius 2 is 1.89 bits per heavy atom. The van der Waals surface area contributed by atoms with Crippen molar-refractivity contribution in [2.75, 3.05) is 31.3 Å². The average molecular weight is 536 g/mol. The molecule has 0 aromatic heterocycles. The van der Waals surface area contributed by atoms with E-state index in [4.69, 9.17) is 14.6 Å². The van der Waals surface area contributed by atoms with E-state index in [9.17, 15) is 9.59 Å². The van der Waals surface area contributed by atoms with Gasteiger partial charge in [0.05, 0.1) is 32.0 Å². The zero-order valence-corrected chi connectivity index (χ0v) is 22.7. The van der Waals surface area contributed by atoms with Crippen LogP contribution in [0.4, 0.5) is 10.5 Å². The topological polar surface area (TPSA) is 83.5 Å². The molecular formula is C29H35N4O4S. The summed E-state index contributed by atoms with van der Waals surface area (Å²) in [4.78, 5) is 27.1. The van der Waals surface area contributed by atoms with Gasteiger partial charge in [0.2, 0.25) is 5.91 Å². The Bertz CT molecular complexity index is 1160. The molecule has 2 amide bonds. The molecule has 2 aromatic rings. The van der Waals surface area contributed by atoms with Gasteiger partial charge in [-0.3, -0.25) is 14.5 Å². The summed E-state index contributed by atoms with van der Waals surface area (Å²) in [7, 11) is 1.65. The zero-order valence-electron chi connectivity index (χ0n) is 21.9. The minimum absolute atomic E-state index is 0.0245. The molecule has 2 aliphatic heterocycles. The number of likely N-dealkylation sites (tertiary alicyclic amines) is 1. The molecule has 9 heteroatoms. The van der Waals surface area contributed by atoms with Gasteiger partial charge in [0.1, 0.15) is 0 Å². The molecule has 0 unspecified atom stereocenters. The van der Waals surface area contributed by atoms with Crippen molar-refractivity contribution in [1.82, 2.24) is 9.91 Å². The van der Waals surface area contributed by atoms with E-state index in [1.54, 1.807) is 7.11 Å². The third kappa shape index (κ3) is 6.88. The average Bonchev–Trinajstić information content (AvgIpc) is 3.45. The maximum absolute atomic E-state index is 12.6. The van der Waals surface area contributed by atoms with Crippen LogP contribution in [-0.2, 0) is 11.3 Å². The molecule has 1 saturated heterocycles. The standard InChI is InChI=1S/C29H35N4O4S/c1-36-26-14-11-22(17-27(26)37-24-7-3-4-8-24)25-20-38-29(35)33(31-25)18-21-9-12-23(13-10-21)30-28(34)19-32-15-5-2-6-16-32/h9-15,17,24H,2-8,16,18-20H2,1H3,(H,30,34). The Balaban J connectivity index is 1.23. The lowest BCUT2D eigenvalue weighted by Gasteiger charge is -2.25. The largest absolute Gasteiger partial charge is 0.493 e. The van der Waals surface area contributed by atoms with Gasteiger partial charge in [-0.2, -0.15) is 5.10 Å². The molecule has 1 N–H and O–H groups in total. The second-order valence-corrected chi connectivity index (χ2v) is 10.9. The summed E-state index contributed by atoms with van der Waals surface area (Å²) >= 11 is 1.24. The molecule has 8 nitrogen and oxygen atoms in total. The summed E-state index contributed by atoms with van der Waals surface area (Å²) in [6.45, 7) is 3.78. The molecule has 2 fully saturated rings. The van der Waals surface area contributed by atoms with Crippen molar-refractivity contribution in [2.45, 2.75) is 57.6 Å². The highest BCUT2D eigenvalue weighted by molar-refractivity contribution is 8.14. The lowest BCUT2D eigenvalue weighted by molar-refractivity contribution is -0.117. The van der Waals surface area contributed by atoms with E-state index < -0.39 is 0 Å². The Morgan fingerprint density at radius 3 is 2.63 bits per heavy atom. The molecule has 201 valence electrons. The van der Waals surface area contributed by atoms with Crippen LogP contribution in [-0.4, -0.2) is 58.8 Å². The second-order valence-electron chi connectivity index (χ2n) is 9.94. The van der Waals surface area contributed by atoms with Crippen molar-refractivity contribution in [2.24, 2.45) is 5.10 Å². The van der Waals surface area contributed by atoms with Gasteiger partial charge in [0.25, 0.3) is 0 Å². The molecule has 1 saturated carbocycles. The lowest BCUT2D eigenvalue weighted by Crippen LogP contribution is -2.34. The van der Waals surface area contributed by atoms with Gasteiger partial charge in [-0.05, 0) is 81.0 Å². The molecule has 5 rings (SSSR count). The van der Waals surface area contributed by atoms with Gasteiger partial charge >= 0.3 is 5.24 Å². The molecule has 0 atom stereocenters. The monoisotopic (exact) mass is 535 g/mol. The lowest BCUT2D eigenvalue weighted by atomic mass is 10.1. The first-order valence-electron chi connectivity index (χ1n) is 13.4. The number of rotatable bonds is 9. The Morgan fingerprint density at radius 1 is 1.08 bits per heavy atom. The van der Waals surface area contributed by atoms with Gasteiger partial charge in [-0.25, -0.2) is 5.01 Å². The third-order valence-electron chi connectivity index (χ3n) is 7.08. The fourth-order valence-electron chi connectivity index (χ4n) is 5.01. The molecule has 2 aromatic carbocycles. The molecule has 38 heavy (non-hydrogen) atoms. The summed E-state index contributed by atoms with van der Waals surface area (Å²) in [6.07, 6.45) is 8.08. The first kappa shape index (κ1) is 26.6. The Kier molecular flexibility index (Phi) is 8.86. The minimum Gasteiger partial charge on any atom is -0.493 e. The van der Waals surface area contributed by atoms with Crippen LogP contribution in [0.25, 0.3) is 0 Å². The minimum atomic E-state index is -0.0835. The predicted molar refractivity (Wildman–Crippen MR) is 151 cm³/mol. The van der Waals surface area contributed by atoms with Crippen molar-refractivity contribution in [1.29, 1.82) is 0 Å². The van der Waals surface area contributed by atoms with Crippen LogP contribution in [0.15, 0.2) is 47.6 Å². The van der Waals surface area contributed by atoms with Crippen LogP contribution in [0.2, 0.25) is 0 Å². The van der Waals surface area contributed by atoms with Gasteiger partial charge in [0.15, 0.2) is 11.5 Å². The number of carbonyl (C=O) groups is 2. The van der Waals surface area contributed by atoms with Crippen LogP contribution in [0, 0.1) is 6.54 Å². The number of carbonyl (C=O) groups excluding carboxylic acids is 2. The highest BCUT2D eigenvalue weighted by Gasteiger charge is 2.24. The second kappa shape index (κ2) is 12.7. The third-order valence-corrected chi connectivity index (χ3v) is 7.96. The number of piperidine rings is 1. The molecule has 2 heterocycles. The van der Waals surface area contributed by atoms with Gasteiger partial charge < -0.3 is 14.8 Å². The van der Waals surface area contributed by atoms with Crippen molar-refractivity contribution >= 4 is 34.3 Å². The van der Waals surface area contributed by atoms with E-state index in [2.05, 4.69) is 16.8 Å². The van der Waals surface area contributed by atoms with Crippen LogP contribution in [0.3, 0.4) is 0 Å². The van der Waals surface area contributed by atoms with Crippen molar-refractivity contribution < 1.29 is 19.1 Å². The van der Waals surface area contributed by atoms with E-state index in [-0.39, 0.29) is 17.3 Å². The molecular weight excluding hydrogens is 500 g/mol. The van der Waals surface area contributed by atoms with Crippen LogP contribution in [0.5, 0.6) is 11.5 Å². The fraction of sp³-hybridized carbons (Fsp3) is 0.448. The number of benzene rings is 2. The quantitative estimate of drug-likeness (QED) is 0.445. The summed E-state index contributed by atoms with van der Waals surface area (Å²) in [5.74, 6) is 1.91. The van der Waals surface area contributed by atoms with Gasteiger partial charge in [-0.1, -0.05) is 30.3 Å². The smallest absolute Gasteiger partial charge is 0.302 e. The highest BCUT2D eigenvalue weighted by Crippen LogP contribution is 2.33. The SMILES string of the molecule is COc1ccc(C2=NN(Cc3ccc(NC(=O)CN4[CH]CCCC4)cc3)C(=O)SC2)cc1OC1CCCC1. The van der Waals surface area contributed by atoms with Crippen LogP contribution in [0.1, 0.15) is 56.1 Å². The number of nitrogens with one attached hydrogen (secondary N) is 1. The molecule has 3 aliphatic rings. The number of anilines is 1. The Labute approximate surface area is 228 Å². The fourth-order valence-corrected chi connectivity index (χ4v) is 5.75. The van der Waals surface area contributed by atoms with E-state index in [0.29, 0.717) is 24.6 Å². The molecule has 1 radical (unpaired) electrons. The summed E-state index contributed by atoms with van der Waals surface area (Å²) in [6, 6.07) is 13.4. The summed E-state index contributed by atoms with van der Waals surface area (Å²) in [5.41, 5.74) is 3.43. The number of methoxy groups -OCH3 is 1. The van der Waals surface area contributed by atoms with Crippen molar-refractivity contribution in [3.63, 3.8) is 0 Å². The maximum atomic E-state index is 12.6. The number of hydrogen-bond acceptors (Lipinski definition) is 7. The predicted octanol–water partition coefficient (Wildman–Crippen LogP) is 5.68.